The molecule has 4 rings (SSSR count). The first-order valence-electron chi connectivity index (χ1n) is 10.2. The Bertz CT molecular complexity index is 1260. The number of benzene rings is 3. The van der Waals surface area contributed by atoms with Gasteiger partial charge in [-0.2, -0.15) is 4.98 Å². The Morgan fingerprint density at radius 1 is 0.848 bits per heavy atom. The zero-order valence-electron chi connectivity index (χ0n) is 18.1. The van der Waals surface area contributed by atoms with Crippen LogP contribution in [0.5, 0.6) is 5.75 Å². The van der Waals surface area contributed by atoms with Crippen molar-refractivity contribution in [3.63, 3.8) is 0 Å². The van der Waals surface area contributed by atoms with Gasteiger partial charge in [0.25, 0.3) is 5.91 Å². The van der Waals surface area contributed by atoms with Gasteiger partial charge in [-0.25, -0.2) is 4.98 Å². The molecule has 166 valence electrons. The molecular formula is C25H22ClN5O2. The molecule has 3 aromatic carbocycles. The summed E-state index contributed by atoms with van der Waals surface area (Å²) in [4.78, 5) is 21.6. The number of aryl methyl sites for hydroxylation is 1. The van der Waals surface area contributed by atoms with E-state index >= 15 is 0 Å². The second kappa shape index (κ2) is 10.0. The molecule has 0 radical (unpaired) electrons. The number of anilines is 5. The molecule has 0 bridgehead atoms. The Morgan fingerprint density at radius 2 is 1.55 bits per heavy atom. The third kappa shape index (κ3) is 5.78. The second-order valence-electron chi connectivity index (χ2n) is 7.21. The van der Waals surface area contributed by atoms with Crippen molar-refractivity contribution in [1.29, 1.82) is 0 Å². The zero-order valence-corrected chi connectivity index (χ0v) is 18.9. The monoisotopic (exact) mass is 459 g/mol. The summed E-state index contributed by atoms with van der Waals surface area (Å²) < 4.78 is 5.25. The number of para-hydroxylation sites is 1. The Balaban J connectivity index is 1.45. The third-order valence-electron chi connectivity index (χ3n) is 4.71. The van der Waals surface area contributed by atoms with E-state index in [0.717, 1.165) is 17.1 Å². The predicted molar refractivity (Wildman–Crippen MR) is 132 cm³/mol. The molecule has 0 atom stereocenters. The highest BCUT2D eigenvalue weighted by Gasteiger charge is 2.13. The van der Waals surface area contributed by atoms with Gasteiger partial charge in [0.2, 0.25) is 5.95 Å². The summed E-state index contributed by atoms with van der Waals surface area (Å²) in [5.74, 6) is 1.30. The smallest absolute Gasteiger partial charge is 0.259 e. The largest absolute Gasteiger partial charge is 0.496 e. The molecule has 0 unspecified atom stereocenters. The second-order valence-corrected chi connectivity index (χ2v) is 7.65. The molecule has 0 aliphatic heterocycles. The predicted octanol–water partition coefficient (Wildman–Crippen LogP) is 6.19. The molecule has 4 aromatic rings. The van der Waals surface area contributed by atoms with Crippen LogP contribution in [0.25, 0.3) is 0 Å². The van der Waals surface area contributed by atoms with Crippen LogP contribution in [0.1, 0.15) is 16.1 Å². The van der Waals surface area contributed by atoms with E-state index in [4.69, 9.17) is 16.3 Å². The van der Waals surface area contributed by atoms with Gasteiger partial charge in [0.15, 0.2) is 0 Å². The summed E-state index contributed by atoms with van der Waals surface area (Å²) in [6.07, 6.45) is 0. The van der Waals surface area contributed by atoms with Crippen LogP contribution in [0, 0.1) is 6.92 Å². The van der Waals surface area contributed by atoms with Gasteiger partial charge in [-0.3, -0.25) is 4.79 Å². The van der Waals surface area contributed by atoms with Crippen LogP contribution in [-0.4, -0.2) is 23.0 Å². The molecule has 0 saturated carbocycles. The number of rotatable bonds is 7. The van der Waals surface area contributed by atoms with E-state index in [-0.39, 0.29) is 5.91 Å². The highest BCUT2D eigenvalue weighted by Crippen LogP contribution is 2.25. The molecule has 33 heavy (non-hydrogen) atoms. The lowest BCUT2D eigenvalue weighted by Crippen LogP contribution is -2.13. The van der Waals surface area contributed by atoms with Gasteiger partial charge >= 0.3 is 0 Å². The minimum atomic E-state index is -0.311. The van der Waals surface area contributed by atoms with Gasteiger partial charge in [0.1, 0.15) is 11.6 Å². The SMILES string of the molecule is COc1ccc(Cl)cc1C(=O)Nc1ccc(Nc2nc(C)cc(Nc3ccccc3)n2)cc1. The van der Waals surface area contributed by atoms with Crippen LogP contribution >= 0.6 is 11.6 Å². The number of hydrogen-bond acceptors (Lipinski definition) is 6. The maximum absolute atomic E-state index is 12.7. The highest BCUT2D eigenvalue weighted by molar-refractivity contribution is 6.31. The van der Waals surface area contributed by atoms with E-state index in [1.807, 2.05) is 55.5 Å². The average molecular weight is 460 g/mol. The molecule has 0 aliphatic rings. The number of hydrogen-bond donors (Lipinski definition) is 3. The first-order valence-corrected chi connectivity index (χ1v) is 10.6. The molecule has 8 heteroatoms. The van der Waals surface area contributed by atoms with E-state index in [9.17, 15) is 4.79 Å². The van der Waals surface area contributed by atoms with Crippen LogP contribution in [0.15, 0.2) is 78.9 Å². The Kier molecular flexibility index (Phi) is 6.71. The fourth-order valence-corrected chi connectivity index (χ4v) is 3.35. The fourth-order valence-electron chi connectivity index (χ4n) is 3.18. The number of amides is 1. The third-order valence-corrected chi connectivity index (χ3v) is 4.94. The molecule has 1 aromatic heterocycles. The molecule has 1 amide bonds. The number of halogens is 1. The van der Waals surface area contributed by atoms with E-state index in [1.165, 1.54) is 7.11 Å². The Morgan fingerprint density at radius 3 is 2.27 bits per heavy atom. The van der Waals surface area contributed by atoms with Gasteiger partial charge in [-0.1, -0.05) is 29.8 Å². The standard InChI is InChI=1S/C25H22ClN5O2/c1-16-14-23(28-18-6-4-3-5-7-18)31-25(27-16)30-20-11-9-19(10-12-20)29-24(32)21-15-17(26)8-13-22(21)33-2/h3-15H,1-2H3,(H,29,32)(H2,27,28,30,31). The maximum Gasteiger partial charge on any atom is 0.259 e. The summed E-state index contributed by atoms with van der Waals surface area (Å²) in [5.41, 5.74) is 3.54. The first-order chi connectivity index (χ1) is 16.0. The number of aromatic nitrogens is 2. The van der Waals surface area contributed by atoms with Crippen LogP contribution in [0.2, 0.25) is 5.02 Å². The van der Waals surface area contributed by atoms with E-state index in [0.29, 0.717) is 33.8 Å². The van der Waals surface area contributed by atoms with Gasteiger partial charge in [-0.05, 0) is 61.5 Å². The Hall–Kier alpha value is -4.10. The quantitative estimate of drug-likeness (QED) is 0.305. The lowest BCUT2D eigenvalue weighted by molar-refractivity contribution is 0.102. The molecule has 7 nitrogen and oxygen atoms in total. The van der Waals surface area contributed by atoms with Crippen LogP contribution < -0.4 is 20.7 Å². The van der Waals surface area contributed by atoms with Crippen molar-refractivity contribution in [2.45, 2.75) is 6.92 Å². The summed E-state index contributed by atoms with van der Waals surface area (Å²) >= 11 is 6.03. The molecule has 0 saturated heterocycles. The normalized spacial score (nSPS) is 10.4. The van der Waals surface area contributed by atoms with Crippen molar-refractivity contribution in [1.82, 2.24) is 9.97 Å². The number of carbonyl (C=O) groups is 1. The van der Waals surface area contributed by atoms with E-state index in [2.05, 4.69) is 25.9 Å². The number of nitrogens with one attached hydrogen (secondary N) is 3. The minimum absolute atomic E-state index is 0.311. The average Bonchev–Trinajstić information content (AvgIpc) is 2.80. The summed E-state index contributed by atoms with van der Waals surface area (Å²) in [5, 5.41) is 9.78. The lowest BCUT2D eigenvalue weighted by Gasteiger charge is -2.12. The summed E-state index contributed by atoms with van der Waals surface area (Å²) in [6.45, 7) is 1.91. The molecule has 3 N–H and O–H groups in total. The van der Waals surface area contributed by atoms with Crippen molar-refractivity contribution in [2.75, 3.05) is 23.1 Å². The van der Waals surface area contributed by atoms with Crippen LogP contribution in [0.3, 0.4) is 0 Å². The van der Waals surface area contributed by atoms with Crippen molar-refractivity contribution in [3.05, 3.63) is 95.1 Å². The van der Waals surface area contributed by atoms with Crippen LogP contribution in [-0.2, 0) is 0 Å². The lowest BCUT2D eigenvalue weighted by atomic mass is 10.1. The Labute approximate surface area is 196 Å². The number of nitrogens with zero attached hydrogens (tertiary/aromatic N) is 2. The van der Waals surface area contributed by atoms with Crippen molar-refractivity contribution < 1.29 is 9.53 Å². The van der Waals surface area contributed by atoms with Gasteiger partial charge in [-0.15, -0.1) is 0 Å². The van der Waals surface area contributed by atoms with Crippen LogP contribution in [0.4, 0.5) is 28.8 Å². The van der Waals surface area contributed by atoms with Crippen molar-refractivity contribution >= 4 is 46.3 Å². The van der Waals surface area contributed by atoms with Crippen molar-refractivity contribution in [3.8, 4) is 5.75 Å². The summed E-state index contributed by atoms with van der Waals surface area (Å²) in [6, 6.07) is 23.8. The van der Waals surface area contributed by atoms with Gasteiger partial charge in [0, 0.05) is 33.8 Å². The van der Waals surface area contributed by atoms with E-state index in [1.54, 1.807) is 30.3 Å². The fraction of sp³-hybridized carbons (Fsp3) is 0.0800. The van der Waals surface area contributed by atoms with E-state index < -0.39 is 0 Å². The molecule has 0 fully saturated rings. The summed E-state index contributed by atoms with van der Waals surface area (Å²) in [7, 11) is 1.51. The zero-order chi connectivity index (χ0) is 23.2. The van der Waals surface area contributed by atoms with Crippen molar-refractivity contribution in [2.24, 2.45) is 0 Å². The number of ether oxygens (including phenoxy) is 1. The molecule has 0 spiro atoms. The first kappa shape index (κ1) is 22.1. The minimum Gasteiger partial charge on any atom is -0.496 e. The molecule has 1 heterocycles. The molecular weight excluding hydrogens is 438 g/mol. The number of methoxy groups -OCH3 is 1. The molecule has 0 aliphatic carbocycles. The number of carbonyl (C=O) groups excluding carboxylic acids is 1. The van der Waals surface area contributed by atoms with Gasteiger partial charge in [0.05, 0.1) is 12.7 Å². The maximum atomic E-state index is 12.7. The topological polar surface area (TPSA) is 88.2 Å². The van der Waals surface area contributed by atoms with Gasteiger partial charge < -0.3 is 20.7 Å². The highest BCUT2D eigenvalue weighted by atomic mass is 35.5.